The fraction of sp³-hybridized carbons (Fsp3) is 0.273. The fourth-order valence-corrected chi connectivity index (χ4v) is 3.14. The molecule has 140 valence electrons. The van der Waals surface area contributed by atoms with Crippen LogP contribution in [0.1, 0.15) is 25.2 Å². The fourth-order valence-electron chi connectivity index (χ4n) is 3.14. The van der Waals surface area contributed by atoms with E-state index in [0.717, 1.165) is 17.0 Å². The standard InChI is InChI=1S/C22H24FN3O/c1-5-7-15(3)17-14-20-18(13-19(17)23)22(26-9-11-27-12-10-26)25-21(24-20)16(4)8-6-2/h5-8,13-14H,1,4,9-12H2,2-3H3. The molecule has 2 heterocycles. The van der Waals surface area contributed by atoms with Crippen molar-refractivity contribution in [2.75, 3.05) is 31.2 Å². The van der Waals surface area contributed by atoms with Crippen LogP contribution in [0.15, 0.2) is 49.6 Å². The number of aromatic nitrogens is 2. The Hall–Kier alpha value is -2.79. The number of ether oxygens (including phenoxy) is 1. The summed E-state index contributed by atoms with van der Waals surface area (Å²) in [4.78, 5) is 11.5. The van der Waals surface area contributed by atoms with Crippen molar-refractivity contribution in [3.63, 3.8) is 0 Å². The SMILES string of the molecule is C=CC=C(C)c1cc2nc(C(=C)C=CC)nc(N3CCOCC3)c2cc1F. The molecule has 5 heteroatoms. The number of hydrogen-bond acceptors (Lipinski definition) is 4. The van der Waals surface area contributed by atoms with E-state index in [1.165, 1.54) is 6.07 Å². The summed E-state index contributed by atoms with van der Waals surface area (Å²) >= 11 is 0. The second kappa shape index (κ2) is 8.27. The van der Waals surface area contributed by atoms with Gasteiger partial charge in [0.05, 0.1) is 18.7 Å². The van der Waals surface area contributed by atoms with Crippen LogP contribution in [0, 0.1) is 5.82 Å². The highest BCUT2D eigenvalue weighted by Crippen LogP contribution is 2.31. The van der Waals surface area contributed by atoms with E-state index in [4.69, 9.17) is 9.72 Å². The maximum absolute atomic E-state index is 14.8. The van der Waals surface area contributed by atoms with Gasteiger partial charge in [0.2, 0.25) is 0 Å². The lowest BCUT2D eigenvalue weighted by Crippen LogP contribution is -2.37. The van der Waals surface area contributed by atoms with Crippen LogP contribution in [0.2, 0.25) is 0 Å². The molecule has 0 bridgehead atoms. The zero-order valence-corrected chi connectivity index (χ0v) is 15.8. The molecule has 0 radical (unpaired) electrons. The Bertz CT molecular complexity index is 940. The molecule has 0 saturated carbocycles. The van der Waals surface area contributed by atoms with E-state index in [-0.39, 0.29) is 5.82 Å². The highest BCUT2D eigenvalue weighted by Gasteiger charge is 2.20. The van der Waals surface area contributed by atoms with Gasteiger partial charge in [0.15, 0.2) is 5.82 Å². The van der Waals surface area contributed by atoms with Crippen molar-refractivity contribution < 1.29 is 9.13 Å². The van der Waals surface area contributed by atoms with Gasteiger partial charge in [0.25, 0.3) is 0 Å². The largest absolute Gasteiger partial charge is 0.378 e. The van der Waals surface area contributed by atoms with Crippen molar-refractivity contribution >= 4 is 27.9 Å². The van der Waals surface area contributed by atoms with Gasteiger partial charge in [-0.25, -0.2) is 14.4 Å². The first-order chi connectivity index (χ1) is 13.0. The maximum Gasteiger partial charge on any atom is 0.161 e. The lowest BCUT2D eigenvalue weighted by Gasteiger charge is -2.29. The molecule has 2 aromatic rings. The average molecular weight is 365 g/mol. The van der Waals surface area contributed by atoms with Crippen molar-refractivity contribution in [2.24, 2.45) is 0 Å². The minimum absolute atomic E-state index is 0.295. The van der Waals surface area contributed by atoms with E-state index in [1.807, 2.05) is 26.0 Å². The van der Waals surface area contributed by atoms with Crippen molar-refractivity contribution in [3.8, 4) is 0 Å². The monoisotopic (exact) mass is 365 g/mol. The van der Waals surface area contributed by atoms with Crippen molar-refractivity contribution in [1.29, 1.82) is 0 Å². The Morgan fingerprint density at radius 2 is 2.00 bits per heavy atom. The van der Waals surface area contributed by atoms with Crippen LogP contribution in [0.5, 0.6) is 0 Å². The van der Waals surface area contributed by atoms with Gasteiger partial charge in [0, 0.05) is 29.6 Å². The van der Waals surface area contributed by atoms with Gasteiger partial charge in [-0.05, 0) is 31.6 Å². The summed E-state index contributed by atoms with van der Waals surface area (Å²) in [6.07, 6.45) is 7.21. The lowest BCUT2D eigenvalue weighted by atomic mass is 10.0. The number of anilines is 1. The number of fused-ring (bicyclic) bond motifs is 1. The van der Waals surface area contributed by atoms with E-state index >= 15 is 0 Å². The molecule has 4 nitrogen and oxygen atoms in total. The third-order valence-corrected chi connectivity index (χ3v) is 4.52. The molecule has 0 amide bonds. The summed E-state index contributed by atoms with van der Waals surface area (Å²) in [5, 5.41) is 0.696. The van der Waals surface area contributed by atoms with E-state index in [2.05, 4.69) is 23.0 Å². The second-order valence-corrected chi connectivity index (χ2v) is 6.43. The van der Waals surface area contributed by atoms with Crippen molar-refractivity contribution in [1.82, 2.24) is 9.97 Å². The number of halogens is 1. The Kier molecular flexibility index (Phi) is 5.81. The Balaban J connectivity index is 2.24. The third-order valence-electron chi connectivity index (χ3n) is 4.52. The highest BCUT2D eigenvalue weighted by molar-refractivity contribution is 5.93. The van der Waals surface area contributed by atoms with E-state index in [0.29, 0.717) is 48.6 Å². The lowest BCUT2D eigenvalue weighted by molar-refractivity contribution is 0.122. The van der Waals surface area contributed by atoms with Crippen LogP contribution in [-0.2, 0) is 4.74 Å². The number of rotatable bonds is 5. The van der Waals surface area contributed by atoms with Gasteiger partial charge in [-0.3, -0.25) is 0 Å². The van der Waals surface area contributed by atoms with Crippen molar-refractivity contribution in [3.05, 3.63) is 66.8 Å². The topological polar surface area (TPSA) is 38.2 Å². The molecule has 0 aliphatic carbocycles. The van der Waals surface area contributed by atoms with Gasteiger partial charge in [0.1, 0.15) is 11.6 Å². The molecule has 1 aliphatic rings. The number of nitrogens with zero attached hydrogens (tertiary/aromatic N) is 3. The quantitative estimate of drug-likeness (QED) is 0.715. The first kappa shape index (κ1) is 19.0. The normalized spacial score (nSPS) is 15.5. The Labute approximate surface area is 159 Å². The van der Waals surface area contributed by atoms with E-state index in [1.54, 1.807) is 18.2 Å². The highest BCUT2D eigenvalue weighted by atomic mass is 19.1. The molecule has 1 aromatic heterocycles. The summed E-state index contributed by atoms with van der Waals surface area (Å²) in [6.45, 7) is 14.2. The number of hydrogen-bond donors (Lipinski definition) is 0. The van der Waals surface area contributed by atoms with Crippen LogP contribution < -0.4 is 4.90 Å². The van der Waals surface area contributed by atoms with Crippen LogP contribution in [0.25, 0.3) is 22.0 Å². The smallest absolute Gasteiger partial charge is 0.161 e. The van der Waals surface area contributed by atoms with Gasteiger partial charge >= 0.3 is 0 Å². The Morgan fingerprint density at radius 1 is 1.26 bits per heavy atom. The molecule has 1 aliphatic heterocycles. The predicted octanol–water partition coefficient (Wildman–Crippen LogP) is 4.78. The number of allylic oxidation sites excluding steroid dienone is 6. The van der Waals surface area contributed by atoms with Gasteiger partial charge in [-0.1, -0.05) is 37.5 Å². The third kappa shape index (κ3) is 3.98. The number of morpholine rings is 1. The van der Waals surface area contributed by atoms with Crippen LogP contribution in [0.3, 0.4) is 0 Å². The molecule has 1 fully saturated rings. The average Bonchev–Trinajstić information content (AvgIpc) is 2.67. The molecule has 0 N–H and O–H groups in total. The first-order valence-electron chi connectivity index (χ1n) is 9.00. The van der Waals surface area contributed by atoms with Gasteiger partial charge < -0.3 is 9.64 Å². The van der Waals surface area contributed by atoms with Crippen molar-refractivity contribution in [2.45, 2.75) is 13.8 Å². The van der Waals surface area contributed by atoms with E-state index < -0.39 is 0 Å². The molecule has 27 heavy (non-hydrogen) atoms. The molecule has 0 unspecified atom stereocenters. The maximum atomic E-state index is 14.8. The zero-order chi connectivity index (χ0) is 19.4. The molecule has 3 rings (SSSR count). The van der Waals surface area contributed by atoms with E-state index in [9.17, 15) is 4.39 Å². The van der Waals surface area contributed by atoms with Gasteiger partial charge in [-0.15, -0.1) is 0 Å². The summed E-state index contributed by atoms with van der Waals surface area (Å²) in [7, 11) is 0. The first-order valence-corrected chi connectivity index (χ1v) is 9.00. The summed E-state index contributed by atoms with van der Waals surface area (Å²) < 4.78 is 20.3. The minimum Gasteiger partial charge on any atom is -0.378 e. The summed E-state index contributed by atoms with van der Waals surface area (Å²) in [5.74, 6) is 0.973. The molecule has 1 saturated heterocycles. The summed E-state index contributed by atoms with van der Waals surface area (Å²) in [6, 6.07) is 3.30. The Morgan fingerprint density at radius 3 is 2.67 bits per heavy atom. The van der Waals surface area contributed by atoms with Crippen LogP contribution >= 0.6 is 0 Å². The molecular weight excluding hydrogens is 341 g/mol. The van der Waals surface area contributed by atoms with Crippen LogP contribution in [-0.4, -0.2) is 36.3 Å². The second-order valence-electron chi connectivity index (χ2n) is 6.43. The number of benzene rings is 1. The molecule has 0 spiro atoms. The molecule has 1 aromatic carbocycles. The van der Waals surface area contributed by atoms with Crippen LogP contribution in [0.4, 0.5) is 10.2 Å². The predicted molar refractivity (Wildman–Crippen MR) is 110 cm³/mol. The van der Waals surface area contributed by atoms with Gasteiger partial charge in [-0.2, -0.15) is 0 Å². The molecular formula is C22H24FN3O. The molecule has 0 atom stereocenters. The zero-order valence-electron chi connectivity index (χ0n) is 15.8. The minimum atomic E-state index is -0.295. The summed E-state index contributed by atoms with van der Waals surface area (Å²) in [5.41, 5.74) is 2.72.